The fourth-order valence-electron chi connectivity index (χ4n) is 1.47. The molecule has 0 spiro atoms. The lowest BCUT2D eigenvalue weighted by Gasteiger charge is -2.34. The Morgan fingerprint density at radius 2 is 2.08 bits per heavy atom. The Bertz CT molecular complexity index is 159. The average Bonchev–Trinajstić information content (AvgIpc) is 2.09. The zero-order chi connectivity index (χ0) is 8.97. The first-order valence-electron chi connectivity index (χ1n) is 4.44. The van der Waals surface area contributed by atoms with Crippen molar-refractivity contribution in [2.24, 2.45) is 0 Å². The molecule has 1 rings (SSSR count). The minimum Gasteiger partial charge on any atom is -0.395 e. The van der Waals surface area contributed by atoms with E-state index in [0.717, 1.165) is 26.1 Å². The molecule has 1 aliphatic heterocycles. The first kappa shape index (κ1) is 9.32. The Morgan fingerprint density at radius 1 is 1.42 bits per heavy atom. The van der Waals surface area contributed by atoms with Crippen molar-refractivity contribution < 1.29 is 9.90 Å². The molecule has 0 aromatic rings. The van der Waals surface area contributed by atoms with Crippen molar-refractivity contribution in [2.75, 3.05) is 32.8 Å². The van der Waals surface area contributed by atoms with Gasteiger partial charge in [-0.1, -0.05) is 0 Å². The second kappa shape index (κ2) is 4.30. The summed E-state index contributed by atoms with van der Waals surface area (Å²) in [6.07, 6.45) is 1.01. The molecule has 4 heteroatoms. The summed E-state index contributed by atoms with van der Waals surface area (Å²) >= 11 is 0. The molecule has 0 bridgehead atoms. The van der Waals surface area contributed by atoms with Crippen LogP contribution >= 0.6 is 0 Å². The number of urea groups is 1. The summed E-state index contributed by atoms with van der Waals surface area (Å²) in [7, 11) is 0. The molecule has 1 heterocycles. The molecule has 0 saturated carbocycles. The van der Waals surface area contributed by atoms with Crippen molar-refractivity contribution in [3.63, 3.8) is 0 Å². The molecule has 0 radical (unpaired) electrons. The zero-order valence-electron chi connectivity index (χ0n) is 7.49. The van der Waals surface area contributed by atoms with Crippen LogP contribution in [0.25, 0.3) is 0 Å². The highest BCUT2D eigenvalue weighted by molar-refractivity contribution is 5.75. The number of carbonyl (C=O) groups is 1. The van der Waals surface area contributed by atoms with Crippen LogP contribution in [0.5, 0.6) is 0 Å². The molecular weight excluding hydrogens is 156 g/mol. The molecule has 1 aliphatic rings. The van der Waals surface area contributed by atoms with E-state index in [2.05, 4.69) is 0 Å². The lowest BCUT2D eigenvalue weighted by atomic mass is 10.3. The average molecular weight is 172 g/mol. The Labute approximate surface area is 72.8 Å². The van der Waals surface area contributed by atoms with Crippen molar-refractivity contribution in [3.05, 3.63) is 0 Å². The maximum absolute atomic E-state index is 11.5. The van der Waals surface area contributed by atoms with E-state index in [1.165, 1.54) is 0 Å². The van der Waals surface area contributed by atoms with Gasteiger partial charge in [-0.05, 0) is 13.3 Å². The Kier molecular flexibility index (Phi) is 3.34. The number of nitrogens with zero attached hydrogens (tertiary/aromatic N) is 2. The number of hydrogen-bond donors (Lipinski definition) is 1. The minimum atomic E-state index is 0.0588. The van der Waals surface area contributed by atoms with Gasteiger partial charge in [-0.3, -0.25) is 0 Å². The predicted octanol–water partition coefficient (Wildman–Crippen LogP) is 0.126. The first-order chi connectivity index (χ1) is 5.79. The number of β-amino-alcohol motifs (C(OH)–C–C–N with tert-alkyl or cyclic N) is 1. The molecule has 1 fully saturated rings. The van der Waals surface area contributed by atoms with Crippen molar-refractivity contribution >= 4 is 6.03 Å². The third-order valence-electron chi connectivity index (χ3n) is 2.15. The quantitative estimate of drug-likeness (QED) is 0.657. The normalized spacial score (nSPS) is 18.7. The van der Waals surface area contributed by atoms with E-state index >= 15 is 0 Å². The van der Waals surface area contributed by atoms with Crippen molar-refractivity contribution in [2.45, 2.75) is 13.3 Å². The molecule has 2 amide bonds. The van der Waals surface area contributed by atoms with E-state index < -0.39 is 0 Å². The van der Waals surface area contributed by atoms with Gasteiger partial charge >= 0.3 is 6.03 Å². The molecular formula is C8H16N2O2. The maximum Gasteiger partial charge on any atom is 0.320 e. The Morgan fingerprint density at radius 3 is 2.67 bits per heavy atom. The summed E-state index contributed by atoms with van der Waals surface area (Å²) in [5, 5.41) is 8.68. The molecule has 0 aromatic heterocycles. The zero-order valence-corrected chi connectivity index (χ0v) is 7.49. The van der Waals surface area contributed by atoms with Crippen LogP contribution in [0, 0.1) is 0 Å². The number of aliphatic hydroxyl groups is 1. The molecule has 12 heavy (non-hydrogen) atoms. The van der Waals surface area contributed by atoms with Gasteiger partial charge < -0.3 is 14.9 Å². The van der Waals surface area contributed by atoms with Gasteiger partial charge in [0.25, 0.3) is 0 Å². The van der Waals surface area contributed by atoms with E-state index in [9.17, 15) is 4.79 Å². The fraction of sp³-hybridized carbons (Fsp3) is 0.875. The highest BCUT2D eigenvalue weighted by Crippen LogP contribution is 2.07. The van der Waals surface area contributed by atoms with Gasteiger partial charge in [0, 0.05) is 26.2 Å². The summed E-state index contributed by atoms with van der Waals surface area (Å²) in [6.45, 7) is 4.91. The van der Waals surface area contributed by atoms with Gasteiger partial charge in [0.15, 0.2) is 0 Å². The molecule has 4 nitrogen and oxygen atoms in total. The minimum absolute atomic E-state index is 0.0588. The molecule has 1 N–H and O–H groups in total. The van der Waals surface area contributed by atoms with Gasteiger partial charge in [0.2, 0.25) is 0 Å². The lowest BCUT2D eigenvalue weighted by molar-refractivity contribution is 0.120. The summed E-state index contributed by atoms with van der Waals surface area (Å²) in [4.78, 5) is 15.0. The SMILES string of the molecule is CCN1CCCN(CCO)C1=O. The number of rotatable bonds is 3. The van der Waals surface area contributed by atoms with Crippen molar-refractivity contribution in [3.8, 4) is 0 Å². The highest BCUT2D eigenvalue weighted by atomic mass is 16.3. The number of amides is 2. The van der Waals surface area contributed by atoms with Crippen LogP contribution in [-0.2, 0) is 0 Å². The third kappa shape index (κ3) is 1.88. The van der Waals surface area contributed by atoms with E-state index in [-0.39, 0.29) is 12.6 Å². The van der Waals surface area contributed by atoms with E-state index in [4.69, 9.17) is 5.11 Å². The van der Waals surface area contributed by atoms with E-state index in [1.807, 2.05) is 6.92 Å². The van der Waals surface area contributed by atoms with Gasteiger partial charge in [-0.15, -0.1) is 0 Å². The Balaban J connectivity index is 2.47. The number of hydrogen-bond acceptors (Lipinski definition) is 2. The Hall–Kier alpha value is -0.770. The lowest BCUT2D eigenvalue weighted by Crippen LogP contribution is -2.49. The molecule has 0 unspecified atom stereocenters. The van der Waals surface area contributed by atoms with Crippen LogP contribution in [-0.4, -0.2) is 53.7 Å². The second-order valence-corrected chi connectivity index (χ2v) is 2.93. The first-order valence-corrected chi connectivity index (χ1v) is 4.44. The molecule has 1 saturated heterocycles. The standard InChI is InChI=1S/C8H16N2O2/c1-2-9-4-3-5-10(6-7-11)8(9)12/h11H,2-7H2,1H3. The number of carbonyl (C=O) groups excluding carboxylic acids is 1. The highest BCUT2D eigenvalue weighted by Gasteiger charge is 2.23. The van der Waals surface area contributed by atoms with Crippen molar-refractivity contribution in [1.29, 1.82) is 0 Å². The monoisotopic (exact) mass is 172 g/mol. The largest absolute Gasteiger partial charge is 0.395 e. The maximum atomic E-state index is 11.5. The molecule has 0 aliphatic carbocycles. The fourth-order valence-corrected chi connectivity index (χ4v) is 1.47. The van der Waals surface area contributed by atoms with Crippen LogP contribution in [0.2, 0.25) is 0 Å². The van der Waals surface area contributed by atoms with Crippen LogP contribution in [0.15, 0.2) is 0 Å². The second-order valence-electron chi connectivity index (χ2n) is 2.93. The predicted molar refractivity (Wildman–Crippen MR) is 45.9 cm³/mol. The summed E-state index contributed by atoms with van der Waals surface area (Å²) in [5.74, 6) is 0. The van der Waals surface area contributed by atoms with Crippen LogP contribution in [0.1, 0.15) is 13.3 Å². The third-order valence-corrected chi connectivity index (χ3v) is 2.15. The summed E-state index contributed by atoms with van der Waals surface area (Å²) in [5.41, 5.74) is 0. The van der Waals surface area contributed by atoms with Gasteiger partial charge in [0.1, 0.15) is 0 Å². The summed E-state index contributed by atoms with van der Waals surface area (Å²) in [6, 6.07) is 0.0674. The van der Waals surface area contributed by atoms with E-state index in [1.54, 1.807) is 9.80 Å². The van der Waals surface area contributed by atoms with Gasteiger partial charge in [0.05, 0.1) is 6.61 Å². The molecule has 0 aromatic carbocycles. The molecule has 70 valence electrons. The van der Waals surface area contributed by atoms with Crippen LogP contribution in [0.4, 0.5) is 4.79 Å². The number of aliphatic hydroxyl groups excluding tert-OH is 1. The summed E-state index contributed by atoms with van der Waals surface area (Å²) < 4.78 is 0. The van der Waals surface area contributed by atoms with Gasteiger partial charge in [-0.25, -0.2) is 4.79 Å². The topological polar surface area (TPSA) is 43.8 Å². The van der Waals surface area contributed by atoms with E-state index in [0.29, 0.717) is 6.54 Å². The van der Waals surface area contributed by atoms with Crippen LogP contribution < -0.4 is 0 Å². The molecule has 0 atom stereocenters. The van der Waals surface area contributed by atoms with Crippen molar-refractivity contribution in [1.82, 2.24) is 9.80 Å². The van der Waals surface area contributed by atoms with Crippen LogP contribution in [0.3, 0.4) is 0 Å². The smallest absolute Gasteiger partial charge is 0.320 e. The van der Waals surface area contributed by atoms with Gasteiger partial charge in [-0.2, -0.15) is 0 Å².